The first-order valence-corrected chi connectivity index (χ1v) is 17.1. The van der Waals surface area contributed by atoms with Gasteiger partial charge in [-0.2, -0.15) is 5.10 Å². The van der Waals surface area contributed by atoms with Gasteiger partial charge in [-0.1, -0.05) is 31.0 Å². The minimum absolute atomic E-state index is 0.0619. The summed E-state index contributed by atoms with van der Waals surface area (Å²) in [5.74, 6) is 1.51. The monoisotopic (exact) mass is 611 g/mol. The number of carbonyl (C=O) groups is 2. The van der Waals surface area contributed by atoms with Crippen LogP contribution in [0.1, 0.15) is 96.1 Å². The Hall–Kier alpha value is -3.68. The number of hydrogen-bond acceptors (Lipinski definition) is 5. The first kappa shape index (κ1) is 31.3. The zero-order chi connectivity index (χ0) is 31.6. The number of amides is 1. The Balaban J connectivity index is 1.25. The quantitative estimate of drug-likeness (QED) is 0.243. The number of hydrogen-bond donors (Lipinski definition) is 2. The third-order valence-electron chi connectivity index (χ3n) is 11.1. The minimum Gasteiger partial charge on any atom is -0.481 e. The van der Waals surface area contributed by atoms with Crippen molar-refractivity contribution in [2.75, 3.05) is 23.8 Å². The van der Waals surface area contributed by atoms with Gasteiger partial charge in [0.1, 0.15) is 5.82 Å². The van der Waals surface area contributed by atoms with Gasteiger partial charge >= 0.3 is 5.97 Å². The molecule has 1 amide bonds. The molecule has 2 aromatic heterocycles. The molecule has 3 fully saturated rings. The molecule has 240 valence electrons. The molecule has 3 saturated carbocycles. The Kier molecular flexibility index (Phi) is 9.29. The van der Waals surface area contributed by atoms with Crippen molar-refractivity contribution in [1.29, 1.82) is 0 Å². The second-order valence-corrected chi connectivity index (χ2v) is 14.2. The number of fused-ring (bicyclic) bond motifs is 2. The molecule has 1 aromatic carbocycles. The predicted molar refractivity (Wildman–Crippen MR) is 178 cm³/mol. The molecule has 8 heteroatoms. The van der Waals surface area contributed by atoms with E-state index in [9.17, 15) is 14.7 Å². The molecular weight excluding hydrogens is 562 g/mol. The Morgan fingerprint density at radius 2 is 1.87 bits per heavy atom. The number of anilines is 2. The van der Waals surface area contributed by atoms with Crippen LogP contribution >= 0.6 is 0 Å². The predicted octanol–water partition coefficient (Wildman–Crippen LogP) is 7.72. The lowest BCUT2D eigenvalue weighted by atomic mass is 9.56. The maximum Gasteiger partial charge on any atom is 0.303 e. The Morgan fingerprint density at radius 3 is 2.56 bits per heavy atom. The molecule has 3 aliphatic carbocycles. The van der Waals surface area contributed by atoms with Gasteiger partial charge < -0.3 is 15.3 Å². The van der Waals surface area contributed by atoms with E-state index in [1.54, 1.807) is 0 Å². The first-order valence-electron chi connectivity index (χ1n) is 17.1. The van der Waals surface area contributed by atoms with E-state index in [4.69, 9.17) is 0 Å². The molecule has 0 aliphatic heterocycles. The Labute approximate surface area is 267 Å². The lowest BCUT2D eigenvalue weighted by molar-refractivity contribution is -0.138. The number of aromatic nitrogens is 3. The zero-order valence-electron chi connectivity index (χ0n) is 27.1. The molecular formula is C37H49N5O3. The molecule has 45 heavy (non-hydrogen) atoms. The van der Waals surface area contributed by atoms with Gasteiger partial charge in [0.2, 0.25) is 5.91 Å². The molecule has 6 rings (SSSR count). The summed E-state index contributed by atoms with van der Waals surface area (Å²) >= 11 is 0. The highest BCUT2D eigenvalue weighted by Crippen LogP contribution is 2.53. The molecule has 3 atom stereocenters. The highest BCUT2D eigenvalue weighted by atomic mass is 16.4. The fourth-order valence-electron chi connectivity index (χ4n) is 8.50. The van der Waals surface area contributed by atoms with Crippen LogP contribution in [-0.4, -0.2) is 45.3 Å². The molecule has 3 aliphatic rings. The molecule has 3 unspecified atom stereocenters. The molecule has 0 spiro atoms. The van der Waals surface area contributed by atoms with Crippen molar-refractivity contribution in [1.82, 2.24) is 14.8 Å². The van der Waals surface area contributed by atoms with Crippen LogP contribution in [0.15, 0.2) is 55.0 Å². The van der Waals surface area contributed by atoms with E-state index >= 15 is 0 Å². The van der Waals surface area contributed by atoms with E-state index < -0.39 is 5.97 Å². The van der Waals surface area contributed by atoms with Gasteiger partial charge in [-0.3, -0.25) is 14.3 Å². The van der Waals surface area contributed by atoms with Gasteiger partial charge in [0.05, 0.1) is 6.20 Å². The topological polar surface area (TPSA) is 100 Å². The molecule has 2 N–H and O–H groups in total. The van der Waals surface area contributed by atoms with Crippen molar-refractivity contribution in [3.63, 3.8) is 0 Å². The Bertz CT molecular complexity index is 1480. The van der Waals surface area contributed by atoms with E-state index in [-0.39, 0.29) is 35.6 Å². The molecule has 3 aromatic rings. The number of carboxylic acids is 1. The SMILES string of the molecule is CNc1ccc(C23CCCC(C2)C(CN(C(=O)C2CCC(CC(=O)O)CC2)c2cccc(-c4cnn(C(C)C)c4)c2)CC3)cn1. The fourth-order valence-corrected chi connectivity index (χ4v) is 8.50. The summed E-state index contributed by atoms with van der Waals surface area (Å²) in [4.78, 5) is 32.5. The second kappa shape index (κ2) is 13.4. The van der Waals surface area contributed by atoms with Crippen LogP contribution in [0.5, 0.6) is 0 Å². The Morgan fingerprint density at radius 1 is 1.04 bits per heavy atom. The number of carbonyl (C=O) groups excluding carboxylic acids is 1. The average Bonchev–Trinajstić information content (AvgIpc) is 3.56. The molecule has 2 heterocycles. The molecule has 0 saturated heterocycles. The van der Waals surface area contributed by atoms with E-state index in [0.717, 1.165) is 74.1 Å². The summed E-state index contributed by atoms with van der Waals surface area (Å²) in [7, 11) is 1.91. The van der Waals surface area contributed by atoms with Gasteiger partial charge in [-0.25, -0.2) is 4.98 Å². The van der Waals surface area contributed by atoms with Crippen LogP contribution in [0, 0.1) is 23.7 Å². The highest BCUT2D eigenvalue weighted by molar-refractivity contribution is 5.95. The van der Waals surface area contributed by atoms with Crippen molar-refractivity contribution in [2.24, 2.45) is 23.7 Å². The number of benzene rings is 1. The van der Waals surface area contributed by atoms with Crippen LogP contribution in [0.4, 0.5) is 11.5 Å². The van der Waals surface area contributed by atoms with E-state index in [1.807, 2.05) is 17.9 Å². The largest absolute Gasteiger partial charge is 0.481 e. The summed E-state index contributed by atoms with van der Waals surface area (Å²) in [6, 6.07) is 13.1. The highest BCUT2D eigenvalue weighted by Gasteiger charge is 2.45. The number of nitrogens with zero attached hydrogens (tertiary/aromatic N) is 4. The summed E-state index contributed by atoms with van der Waals surface area (Å²) in [6.45, 7) is 4.98. The van der Waals surface area contributed by atoms with Crippen LogP contribution < -0.4 is 10.2 Å². The fraction of sp³-hybridized carbons (Fsp3) is 0.568. The van der Waals surface area contributed by atoms with E-state index in [2.05, 4.69) is 82.9 Å². The maximum absolute atomic E-state index is 14.4. The van der Waals surface area contributed by atoms with Crippen LogP contribution in [0.25, 0.3) is 11.1 Å². The summed E-state index contributed by atoms with van der Waals surface area (Å²) in [5.41, 5.74) is 4.64. The van der Waals surface area contributed by atoms with Crippen molar-refractivity contribution in [3.05, 3.63) is 60.6 Å². The van der Waals surface area contributed by atoms with Crippen molar-refractivity contribution in [2.45, 2.75) is 95.9 Å². The number of nitrogens with one attached hydrogen (secondary N) is 1. The third-order valence-corrected chi connectivity index (χ3v) is 11.1. The number of aliphatic carboxylic acids is 1. The average molecular weight is 612 g/mol. The van der Waals surface area contributed by atoms with Crippen molar-refractivity contribution in [3.8, 4) is 11.1 Å². The molecule has 2 bridgehead atoms. The maximum atomic E-state index is 14.4. The smallest absolute Gasteiger partial charge is 0.303 e. The normalized spacial score (nSPS) is 26.4. The zero-order valence-corrected chi connectivity index (χ0v) is 27.1. The lowest BCUT2D eigenvalue weighted by Gasteiger charge is -2.50. The lowest BCUT2D eigenvalue weighted by Crippen LogP contribution is -2.47. The standard InChI is InChI=1S/C37H49N5O3/c1-25(2)42-24-31(21-40-42)28-6-4-8-33(19-28)41(36(45)27-11-9-26(10-12-27)18-35(43)44)23-30-15-17-37(16-5-7-29(30)20-37)32-13-14-34(38-3)39-22-32/h4,6,8,13-14,19,21-22,24-27,29-30H,5,7,9-12,15-18,20,23H2,1-3H3,(H,38,39)(H,43,44). The van der Waals surface area contributed by atoms with Gasteiger partial charge in [0.15, 0.2) is 0 Å². The van der Waals surface area contributed by atoms with Crippen molar-refractivity contribution < 1.29 is 14.7 Å². The van der Waals surface area contributed by atoms with Gasteiger partial charge in [0.25, 0.3) is 0 Å². The van der Waals surface area contributed by atoms with E-state index in [1.165, 1.54) is 24.8 Å². The van der Waals surface area contributed by atoms with Crippen LogP contribution in [0.2, 0.25) is 0 Å². The van der Waals surface area contributed by atoms with Gasteiger partial charge in [-0.05, 0) is 118 Å². The summed E-state index contributed by atoms with van der Waals surface area (Å²) in [6.07, 6.45) is 16.5. The summed E-state index contributed by atoms with van der Waals surface area (Å²) in [5, 5.41) is 17.0. The van der Waals surface area contributed by atoms with Crippen LogP contribution in [0.3, 0.4) is 0 Å². The third kappa shape index (κ3) is 6.80. The number of pyridine rings is 1. The van der Waals surface area contributed by atoms with E-state index in [0.29, 0.717) is 11.8 Å². The second-order valence-electron chi connectivity index (χ2n) is 14.2. The first-order chi connectivity index (χ1) is 21.7. The molecule has 8 nitrogen and oxygen atoms in total. The number of rotatable bonds is 10. The van der Waals surface area contributed by atoms with Gasteiger partial charge in [0, 0.05) is 55.6 Å². The summed E-state index contributed by atoms with van der Waals surface area (Å²) < 4.78 is 1.97. The molecule has 0 radical (unpaired) electrons. The van der Waals surface area contributed by atoms with Crippen molar-refractivity contribution >= 4 is 23.4 Å². The minimum atomic E-state index is -0.737. The van der Waals surface area contributed by atoms with Crippen LogP contribution in [-0.2, 0) is 15.0 Å². The van der Waals surface area contributed by atoms with Gasteiger partial charge in [-0.15, -0.1) is 0 Å². The number of carboxylic acid groups (broad SMARTS) is 1.